The van der Waals surface area contributed by atoms with E-state index in [0.29, 0.717) is 0 Å². The van der Waals surface area contributed by atoms with E-state index >= 15 is 0 Å². The first-order valence-corrected chi connectivity index (χ1v) is 15.3. The summed E-state index contributed by atoms with van der Waals surface area (Å²) in [5.74, 6) is 0. The second kappa shape index (κ2) is 10.3. The molecule has 0 aliphatic heterocycles. The molecule has 0 aliphatic rings. The van der Waals surface area contributed by atoms with E-state index in [1.54, 1.807) is 0 Å². The molecule has 0 atom stereocenters. The summed E-state index contributed by atoms with van der Waals surface area (Å²) in [4.78, 5) is 9.72. The molecular formula is C42H27N3. The van der Waals surface area contributed by atoms with Crippen molar-refractivity contribution in [1.82, 2.24) is 14.5 Å². The van der Waals surface area contributed by atoms with Crippen LogP contribution in [0.4, 0.5) is 0 Å². The molecule has 3 nitrogen and oxygen atoms in total. The van der Waals surface area contributed by atoms with E-state index in [0.717, 1.165) is 33.7 Å². The SMILES string of the molecule is c1ccc(-c2c3ccccc3c(-c3cccc(-c4ccc(-n5c6ccccc6c6ccncc65)cc4)n3)c3ccccc23)cc1. The van der Waals surface area contributed by atoms with E-state index in [1.807, 2.05) is 12.4 Å². The van der Waals surface area contributed by atoms with Gasteiger partial charge in [0.1, 0.15) is 0 Å². The quantitative estimate of drug-likeness (QED) is 0.196. The van der Waals surface area contributed by atoms with Gasteiger partial charge in [-0.15, -0.1) is 0 Å². The van der Waals surface area contributed by atoms with Crippen molar-refractivity contribution in [3.05, 3.63) is 164 Å². The Bertz CT molecular complexity index is 2420. The molecule has 9 rings (SSSR count). The molecule has 0 radical (unpaired) electrons. The lowest BCUT2D eigenvalue weighted by atomic mass is 9.87. The van der Waals surface area contributed by atoms with E-state index in [2.05, 4.69) is 161 Å². The fraction of sp³-hybridized carbons (Fsp3) is 0. The first kappa shape index (κ1) is 25.4. The average Bonchev–Trinajstić information content (AvgIpc) is 3.45. The van der Waals surface area contributed by atoms with E-state index in [-0.39, 0.29) is 0 Å². The Morgan fingerprint density at radius 2 is 0.956 bits per heavy atom. The molecular weight excluding hydrogens is 546 g/mol. The van der Waals surface area contributed by atoms with Crippen LogP contribution in [0.2, 0.25) is 0 Å². The maximum absolute atomic E-state index is 5.29. The molecule has 0 aliphatic carbocycles. The van der Waals surface area contributed by atoms with E-state index in [4.69, 9.17) is 4.98 Å². The zero-order valence-corrected chi connectivity index (χ0v) is 24.4. The minimum absolute atomic E-state index is 0.947. The predicted octanol–water partition coefficient (Wildman–Crippen LogP) is 10.9. The summed E-state index contributed by atoms with van der Waals surface area (Å²) >= 11 is 0. The number of nitrogens with zero attached hydrogens (tertiary/aromatic N) is 3. The molecule has 3 heteroatoms. The van der Waals surface area contributed by atoms with E-state index < -0.39 is 0 Å². The fourth-order valence-electron chi connectivity index (χ4n) is 6.93. The maximum Gasteiger partial charge on any atom is 0.0724 e. The van der Waals surface area contributed by atoms with Crippen LogP contribution < -0.4 is 0 Å². The number of benzene rings is 6. The Kier molecular flexibility index (Phi) is 5.82. The zero-order chi connectivity index (χ0) is 29.7. The van der Waals surface area contributed by atoms with Gasteiger partial charge >= 0.3 is 0 Å². The molecule has 6 aromatic carbocycles. The molecule has 9 aromatic rings. The fourth-order valence-corrected chi connectivity index (χ4v) is 6.93. The highest BCUT2D eigenvalue weighted by atomic mass is 15.0. The molecule has 0 bridgehead atoms. The topological polar surface area (TPSA) is 30.7 Å². The minimum Gasteiger partial charge on any atom is -0.308 e. The van der Waals surface area contributed by atoms with Gasteiger partial charge < -0.3 is 4.57 Å². The Hall–Kier alpha value is -6.06. The van der Waals surface area contributed by atoms with Gasteiger partial charge in [-0.05, 0) is 69.1 Å². The van der Waals surface area contributed by atoms with Gasteiger partial charge in [-0.25, -0.2) is 4.98 Å². The Balaban J connectivity index is 1.20. The molecule has 0 saturated heterocycles. The second-order valence-electron chi connectivity index (χ2n) is 11.4. The molecule has 0 saturated carbocycles. The van der Waals surface area contributed by atoms with Gasteiger partial charge in [-0.2, -0.15) is 0 Å². The van der Waals surface area contributed by atoms with Crippen LogP contribution in [0.1, 0.15) is 0 Å². The molecule has 3 aromatic heterocycles. The highest BCUT2D eigenvalue weighted by Gasteiger charge is 2.18. The largest absolute Gasteiger partial charge is 0.308 e. The predicted molar refractivity (Wildman–Crippen MR) is 188 cm³/mol. The van der Waals surface area contributed by atoms with Crippen LogP contribution >= 0.6 is 0 Å². The van der Waals surface area contributed by atoms with E-state index in [1.165, 1.54) is 49.0 Å². The van der Waals surface area contributed by atoms with Crippen LogP contribution in [-0.2, 0) is 0 Å². The summed E-state index contributed by atoms with van der Waals surface area (Å²) in [6.07, 6.45) is 3.81. The Morgan fingerprint density at radius 1 is 0.378 bits per heavy atom. The van der Waals surface area contributed by atoms with Crippen molar-refractivity contribution in [2.75, 3.05) is 0 Å². The monoisotopic (exact) mass is 573 g/mol. The van der Waals surface area contributed by atoms with Gasteiger partial charge in [0.2, 0.25) is 0 Å². The van der Waals surface area contributed by atoms with Crippen LogP contribution in [0.3, 0.4) is 0 Å². The molecule has 210 valence electrons. The molecule has 0 unspecified atom stereocenters. The van der Waals surface area contributed by atoms with Crippen molar-refractivity contribution in [3.8, 4) is 39.3 Å². The summed E-state index contributed by atoms with van der Waals surface area (Å²) in [6, 6.07) is 53.9. The molecule has 45 heavy (non-hydrogen) atoms. The third kappa shape index (κ3) is 4.05. The highest BCUT2D eigenvalue weighted by Crippen LogP contribution is 2.43. The molecule has 3 heterocycles. The summed E-state index contributed by atoms with van der Waals surface area (Å²) in [5, 5.41) is 7.30. The molecule has 0 spiro atoms. The lowest BCUT2D eigenvalue weighted by Crippen LogP contribution is -1.95. The van der Waals surface area contributed by atoms with Crippen LogP contribution in [-0.4, -0.2) is 14.5 Å². The van der Waals surface area contributed by atoms with Crippen molar-refractivity contribution in [3.63, 3.8) is 0 Å². The number of para-hydroxylation sites is 1. The van der Waals surface area contributed by atoms with Crippen LogP contribution in [0.25, 0.3) is 82.7 Å². The standard InChI is InChI=1S/C42H27N3/c1-2-11-29(12-3-1)41-33-14-4-6-16-35(33)42(36-17-7-5-15-34(36)41)38-19-10-18-37(44-38)28-21-23-30(24-22-28)45-39-20-9-8-13-31(39)32-25-26-43-27-40(32)45/h1-27H. The number of hydrogen-bond acceptors (Lipinski definition) is 2. The zero-order valence-electron chi connectivity index (χ0n) is 24.4. The summed E-state index contributed by atoms with van der Waals surface area (Å²) in [5.41, 5.74) is 10.0. The summed E-state index contributed by atoms with van der Waals surface area (Å²) < 4.78 is 2.29. The molecule has 0 fully saturated rings. The van der Waals surface area contributed by atoms with Crippen molar-refractivity contribution in [2.45, 2.75) is 0 Å². The number of rotatable bonds is 4. The van der Waals surface area contributed by atoms with Gasteiger partial charge in [0, 0.05) is 33.8 Å². The lowest BCUT2D eigenvalue weighted by Gasteiger charge is -2.17. The highest BCUT2D eigenvalue weighted by molar-refractivity contribution is 6.21. The first-order chi connectivity index (χ1) is 22.3. The van der Waals surface area contributed by atoms with Gasteiger partial charge in [-0.1, -0.05) is 115 Å². The van der Waals surface area contributed by atoms with Crippen molar-refractivity contribution in [1.29, 1.82) is 0 Å². The number of fused-ring (bicyclic) bond motifs is 5. The third-order valence-electron chi connectivity index (χ3n) is 8.90. The third-order valence-corrected chi connectivity index (χ3v) is 8.90. The van der Waals surface area contributed by atoms with Crippen LogP contribution in [0, 0.1) is 0 Å². The second-order valence-corrected chi connectivity index (χ2v) is 11.4. The number of hydrogen-bond donors (Lipinski definition) is 0. The molecule has 0 amide bonds. The molecule has 0 N–H and O–H groups in total. The number of pyridine rings is 2. The normalized spacial score (nSPS) is 11.6. The summed E-state index contributed by atoms with van der Waals surface area (Å²) in [6.45, 7) is 0. The van der Waals surface area contributed by atoms with Crippen molar-refractivity contribution >= 4 is 43.4 Å². The van der Waals surface area contributed by atoms with Gasteiger partial charge in [0.15, 0.2) is 0 Å². The van der Waals surface area contributed by atoms with Crippen molar-refractivity contribution in [2.24, 2.45) is 0 Å². The Morgan fingerprint density at radius 3 is 1.67 bits per heavy atom. The summed E-state index contributed by atoms with van der Waals surface area (Å²) in [7, 11) is 0. The average molecular weight is 574 g/mol. The van der Waals surface area contributed by atoms with Crippen LogP contribution in [0.15, 0.2) is 164 Å². The van der Waals surface area contributed by atoms with Gasteiger partial charge in [0.25, 0.3) is 0 Å². The van der Waals surface area contributed by atoms with Crippen LogP contribution in [0.5, 0.6) is 0 Å². The first-order valence-electron chi connectivity index (χ1n) is 15.3. The van der Waals surface area contributed by atoms with Crippen molar-refractivity contribution < 1.29 is 0 Å². The van der Waals surface area contributed by atoms with E-state index in [9.17, 15) is 0 Å². The van der Waals surface area contributed by atoms with Gasteiger partial charge in [-0.3, -0.25) is 4.98 Å². The van der Waals surface area contributed by atoms with Gasteiger partial charge in [0.05, 0.1) is 28.6 Å². The lowest BCUT2D eigenvalue weighted by molar-refractivity contribution is 1.16. The smallest absolute Gasteiger partial charge is 0.0724 e. The minimum atomic E-state index is 0.947. The maximum atomic E-state index is 5.29. The number of aromatic nitrogens is 3. The Labute approximate surface area is 260 Å².